The van der Waals surface area contributed by atoms with Crippen LogP contribution in [0, 0.1) is 11.8 Å². The van der Waals surface area contributed by atoms with Gasteiger partial charge in [0.25, 0.3) is 0 Å². The maximum Gasteiger partial charge on any atom is 0.323 e. The first-order valence-electron chi connectivity index (χ1n) is 46.3. The Kier molecular flexibility index (Phi) is 39.4. The summed E-state index contributed by atoms with van der Waals surface area (Å²) in [6, 6.07) is 5.37. The van der Waals surface area contributed by atoms with Crippen LogP contribution in [0.5, 0.6) is 5.75 Å². The maximum absolute atomic E-state index is 16.3. The number of hydrogen-bond donors (Lipinski definition) is 15. The summed E-state index contributed by atoms with van der Waals surface area (Å²) in [5, 5.41) is 53.8. The van der Waals surface area contributed by atoms with Gasteiger partial charge in [0.1, 0.15) is 78.8 Å². The van der Waals surface area contributed by atoms with E-state index in [-0.39, 0.29) is 126 Å². The molecule has 13 atom stereocenters. The van der Waals surface area contributed by atoms with Gasteiger partial charge in [-0.1, -0.05) is 109 Å². The summed E-state index contributed by atoms with van der Waals surface area (Å²) >= 11 is 8.12. The van der Waals surface area contributed by atoms with Crippen molar-refractivity contribution in [1.82, 2.24) is 102 Å². The third-order valence-corrected chi connectivity index (χ3v) is 27.1. The number of nitrogens with two attached hydrogens (primary N) is 1. The van der Waals surface area contributed by atoms with Crippen LogP contribution in [0.25, 0.3) is 21.8 Å². The number of aromatic hydroxyl groups is 1. The summed E-state index contributed by atoms with van der Waals surface area (Å²) in [5.41, 5.74) is 7.26. The van der Waals surface area contributed by atoms with Crippen LogP contribution in [0.3, 0.4) is 0 Å². The number of phenolic OH excluding ortho intramolecular Hbond substituents is 1. The number of H-pyrrole nitrogens is 1. The number of aromatic nitrogens is 6. The number of para-hydroxylation sites is 2. The molecule has 137 heavy (non-hydrogen) atoms. The van der Waals surface area contributed by atoms with Crippen LogP contribution in [0.2, 0.25) is 0 Å². The number of nitrogens with one attached hydrogen (secondary N) is 12. The van der Waals surface area contributed by atoms with Gasteiger partial charge in [0, 0.05) is 137 Å². The summed E-state index contributed by atoms with van der Waals surface area (Å²) < 4.78 is 2.57. The van der Waals surface area contributed by atoms with Gasteiger partial charge in [-0.05, 0) is 157 Å². The van der Waals surface area contributed by atoms with Crippen LogP contribution >= 0.6 is 43.6 Å². The van der Waals surface area contributed by atoms with Crippen molar-refractivity contribution in [2.24, 2.45) is 17.6 Å². The molecular formula is C94H127Br2N23O17S. The molecule has 3 unspecified atom stereocenters. The van der Waals surface area contributed by atoms with E-state index >= 15 is 24.0 Å². The second-order valence-corrected chi connectivity index (χ2v) is 38.5. The lowest BCUT2D eigenvalue weighted by atomic mass is 9.98. The van der Waals surface area contributed by atoms with E-state index in [9.17, 15) is 58.2 Å². The van der Waals surface area contributed by atoms with Crippen LogP contribution in [-0.4, -0.2) is 297 Å². The fourth-order valence-electron chi connectivity index (χ4n) is 17.3. The van der Waals surface area contributed by atoms with Gasteiger partial charge in [0.15, 0.2) is 0 Å². The van der Waals surface area contributed by atoms with E-state index in [0.29, 0.717) is 73.3 Å². The second-order valence-electron chi connectivity index (χ2n) is 35.6. The molecule has 740 valence electrons. The van der Waals surface area contributed by atoms with Crippen LogP contribution in [0.1, 0.15) is 148 Å². The van der Waals surface area contributed by atoms with Gasteiger partial charge >= 0.3 is 5.97 Å². The summed E-state index contributed by atoms with van der Waals surface area (Å²) in [5.74, 6) is -11.8. The lowest BCUT2D eigenvalue weighted by Gasteiger charge is -2.37. The molecule has 43 heteroatoms. The number of thioether (sulfide) groups is 1. The van der Waals surface area contributed by atoms with Crippen LogP contribution in [0.4, 0.5) is 11.9 Å². The molecule has 0 aliphatic carbocycles. The van der Waals surface area contributed by atoms with Crippen molar-refractivity contribution in [2.75, 3.05) is 83.1 Å². The van der Waals surface area contributed by atoms with Gasteiger partial charge in [-0.15, -0.1) is 0 Å². The first-order valence-corrected chi connectivity index (χ1v) is 49.1. The molecule has 7 heterocycles. The Morgan fingerprint density at radius 3 is 1.93 bits per heavy atom. The van der Waals surface area contributed by atoms with E-state index < -0.39 is 193 Å². The molecule has 3 aliphatic heterocycles. The normalized spacial score (nSPS) is 20.6. The number of unbranched alkanes of at least 4 members (excludes halogenated alkanes) is 2. The Hall–Kier alpha value is -12.4. The minimum absolute atomic E-state index is 0.0109. The number of halogens is 2. The zero-order valence-electron chi connectivity index (χ0n) is 78.8. The maximum atomic E-state index is 16.3. The molecule has 16 N–H and O–H groups in total. The number of carbonyl (C=O) groups excluding carboxylic acids is 14. The third-order valence-electron chi connectivity index (χ3n) is 25.1. The molecule has 3 aromatic carbocycles. The third kappa shape index (κ3) is 29.3. The number of aliphatic carboxylic acids is 1. The highest BCUT2D eigenvalue weighted by Crippen LogP contribution is 2.30. The summed E-state index contributed by atoms with van der Waals surface area (Å²) in [4.78, 5) is 248. The first-order chi connectivity index (χ1) is 65.4. The SMILES string of the molecule is CCCC[C@H]1C(=O)N(C)[C@@H](CCCC)C(=O)N[C@@H](CC(C)C)C(=O)NCCSCC(NC)(Nc2ncc(Br)cn2)CC[C@H](NC(=O)[C@H](Cc2c[nH]c3ccccc23)NC(=O)C2CCCN2C(=O)CNC(=O)[C@H](CNc2ncc(Br)cn2)NC(=O)C2CCCN2C(=O)[C@H](CC(N)=O)NC(=O)[C@H](C)N(C)C(=O)[C@@H](C)Cc2ccc(O)cc2)C(=O)N[C@@H](Cc2cn(CC(=O)O)c3ccccc23)C(=O)N1C. The van der Waals surface area contributed by atoms with Crippen LogP contribution < -0.4 is 64.2 Å². The van der Waals surface area contributed by atoms with Gasteiger partial charge in [-0.25, -0.2) is 19.9 Å². The number of nitrogens with zero attached hydrogens (tertiary/aromatic N) is 10. The predicted octanol–water partition coefficient (Wildman–Crippen LogP) is 4.27. The molecule has 0 radical (unpaired) electrons. The Labute approximate surface area is 816 Å². The molecule has 7 aromatic rings. The zero-order valence-corrected chi connectivity index (χ0v) is 82.8. The molecule has 4 aromatic heterocycles. The predicted molar refractivity (Wildman–Crippen MR) is 521 cm³/mol. The van der Waals surface area contributed by atoms with Crippen molar-refractivity contribution >= 4 is 166 Å². The highest BCUT2D eigenvalue weighted by Gasteiger charge is 2.45. The average molecular weight is 2040 g/mol. The standard InChI is InChI=1S/C94H127Br2N23O17S/c1-11-13-24-73-85(130)108-67(39-54(3)4)81(126)99-35-38-137-53-94(98-7,113-93-104-47-61(96)48-105-93)34-33-66(83(128)111-69(89(134)116(10)76(25-14-12-2)91(136)115(73)9)42-59-51-117(52-79(123)124)72-26-18-16-22-64(59)72)107-84(129)68(41-58-44-100-65-23-17-15-21-63(58)65)109-86(131)74-27-19-36-118(74)78(122)50-101-82(127)71(49-106-92-102-45-60(95)46-103-92)112-87(132)75-28-20-37-119(75)90(135)70(43-77(97)121)110-80(125)56(6)114(8)88(133)55(5)40-57-29-31-62(120)32-30-57/h15-18,21-23,26,29-32,44-48,51,54-56,66-71,73-76,98,100,120H,11-14,19-20,24-25,27-28,33-43,49-50,52-53H2,1-10H3,(H2,97,121)(H,99,126)(H,101,127)(H,107,129)(H,108,130)(H,109,131)(H,110,125)(H,111,128)(H,112,132)(H,123,124)(H,102,103,106)(H,104,105,113)/t55-,56-,66-,67-,68-,69-,70-,71-,73-,74?,75?,76-,94?/m0/s1. The van der Waals surface area contributed by atoms with Gasteiger partial charge in [0.05, 0.1) is 27.6 Å². The molecule has 3 saturated heterocycles. The number of carbonyl (C=O) groups is 15. The van der Waals surface area contributed by atoms with E-state index in [1.54, 1.807) is 74.9 Å². The number of fused-ring (bicyclic) bond motifs is 2. The number of carboxylic acid groups (broad SMARTS) is 1. The molecule has 40 nitrogen and oxygen atoms in total. The van der Waals surface area contributed by atoms with Gasteiger partial charge in [-0.3, -0.25) is 77.2 Å². The molecule has 3 fully saturated rings. The smallest absolute Gasteiger partial charge is 0.323 e. The number of anilines is 2. The van der Waals surface area contributed by atoms with Gasteiger partial charge in [0.2, 0.25) is 94.6 Å². The van der Waals surface area contributed by atoms with Gasteiger partial charge < -0.3 is 103 Å². The van der Waals surface area contributed by atoms with Crippen LogP contribution in [0.15, 0.2) is 119 Å². The number of likely N-dealkylation sites (N-methyl/N-ethyl adjacent to an activating group) is 3. The van der Waals surface area contributed by atoms with Crippen LogP contribution in [-0.2, 0) is 97.7 Å². The number of primary amides is 1. The quantitative estimate of drug-likeness (QED) is 0.0240. The number of hydrogen-bond acceptors (Lipinski definition) is 24. The monoisotopic (exact) mass is 2040 g/mol. The first kappa shape index (κ1) is 107. The Morgan fingerprint density at radius 1 is 0.679 bits per heavy atom. The largest absolute Gasteiger partial charge is 0.508 e. The summed E-state index contributed by atoms with van der Waals surface area (Å²) in [7, 11) is 6.01. The fraction of sp³-hybridized carbons (Fsp3) is 0.521. The van der Waals surface area contributed by atoms with Crippen molar-refractivity contribution < 1.29 is 82.1 Å². The molecule has 0 spiro atoms. The van der Waals surface area contributed by atoms with Crippen molar-refractivity contribution in [2.45, 2.75) is 229 Å². The van der Waals surface area contributed by atoms with Crippen molar-refractivity contribution in [3.8, 4) is 5.75 Å². The number of likely N-dealkylation sites (tertiary alicyclic amines) is 2. The number of amides is 14. The van der Waals surface area contributed by atoms with Crippen molar-refractivity contribution in [3.63, 3.8) is 0 Å². The number of phenols is 1. The molecule has 14 amide bonds. The average Bonchev–Trinajstić information content (AvgIpc) is 1.64. The van der Waals surface area contributed by atoms with Crippen molar-refractivity contribution in [3.05, 3.63) is 136 Å². The highest BCUT2D eigenvalue weighted by molar-refractivity contribution is 9.10. The Morgan fingerprint density at radius 2 is 1.28 bits per heavy atom. The summed E-state index contributed by atoms with van der Waals surface area (Å²) in [6.07, 6.45) is 11.2. The lowest BCUT2D eigenvalue weighted by molar-refractivity contribution is -0.149. The van der Waals surface area contributed by atoms with E-state index in [4.69, 9.17) is 5.73 Å². The molecule has 0 bridgehead atoms. The zero-order chi connectivity index (χ0) is 99.5. The van der Waals surface area contributed by atoms with Crippen molar-refractivity contribution in [1.29, 1.82) is 0 Å². The molecule has 3 aliphatic rings. The Bertz CT molecular complexity index is 5420. The van der Waals surface area contributed by atoms with E-state index in [1.807, 2.05) is 39.8 Å². The molecule has 0 saturated carbocycles. The fourth-order valence-corrected chi connectivity index (χ4v) is 18.9. The minimum atomic E-state index is -1.64. The number of aromatic amines is 1. The lowest BCUT2D eigenvalue weighted by Crippen LogP contribution is -2.61. The Balaban J connectivity index is 0.949. The number of carboxylic acids is 1. The molecule has 10 rings (SSSR count). The topological polar surface area (TPSA) is 543 Å². The highest BCUT2D eigenvalue weighted by atomic mass is 79.9. The van der Waals surface area contributed by atoms with Gasteiger partial charge in [-0.2, -0.15) is 11.8 Å². The second kappa shape index (κ2) is 50.6. The number of benzene rings is 3. The molecular weight excluding hydrogens is 1920 g/mol. The van der Waals surface area contributed by atoms with E-state index in [1.165, 1.54) is 101 Å². The summed E-state index contributed by atoms with van der Waals surface area (Å²) in [6.45, 7) is 9.25. The van der Waals surface area contributed by atoms with E-state index in [0.717, 1.165) is 10.5 Å². The minimum Gasteiger partial charge on any atom is -0.508 e. The van der Waals surface area contributed by atoms with E-state index in [2.05, 4.69) is 115 Å². The number of rotatable bonds is 38.